The molecule has 1 fully saturated rings. The van der Waals surface area contributed by atoms with Gasteiger partial charge in [-0.05, 0) is 25.2 Å². The Morgan fingerprint density at radius 3 is 2.67 bits per heavy atom. The molecule has 4 nitrogen and oxygen atoms in total. The monoisotopic (exact) mass is 231 g/mol. The summed E-state index contributed by atoms with van der Waals surface area (Å²) >= 11 is 0. The van der Waals surface area contributed by atoms with Crippen LogP contribution in [0.2, 0.25) is 0 Å². The number of allylic oxidation sites excluding steroid dienone is 1. The number of carbonyl (C=O) groups excluding carboxylic acids is 1. The summed E-state index contributed by atoms with van der Waals surface area (Å²) in [4.78, 5) is 11.3. The van der Waals surface area contributed by atoms with Crippen molar-refractivity contribution in [2.75, 3.05) is 0 Å². The van der Waals surface area contributed by atoms with Gasteiger partial charge in [-0.2, -0.15) is 0 Å². The van der Waals surface area contributed by atoms with Gasteiger partial charge in [-0.3, -0.25) is 9.52 Å². The fourth-order valence-electron chi connectivity index (χ4n) is 1.15. The summed E-state index contributed by atoms with van der Waals surface area (Å²) in [5.74, 6) is -0.171. The van der Waals surface area contributed by atoms with Crippen molar-refractivity contribution in [2.24, 2.45) is 5.92 Å². The first-order valence-corrected chi connectivity index (χ1v) is 6.67. The van der Waals surface area contributed by atoms with Crippen LogP contribution >= 0.6 is 0 Å². The van der Waals surface area contributed by atoms with Crippen LogP contribution in [-0.2, 0) is 14.8 Å². The van der Waals surface area contributed by atoms with Gasteiger partial charge in [0.05, 0.1) is 5.25 Å². The Hall–Kier alpha value is -0.840. The maximum atomic E-state index is 11.4. The van der Waals surface area contributed by atoms with Gasteiger partial charge >= 0.3 is 0 Å². The van der Waals surface area contributed by atoms with E-state index in [9.17, 15) is 13.2 Å². The third-order valence-corrected chi connectivity index (χ3v) is 4.31. The highest BCUT2D eigenvalue weighted by Gasteiger charge is 2.36. The van der Waals surface area contributed by atoms with E-state index in [0.717, 1.165) is 0 Å². The lowest BCUT2D eigenvalue weighted by Crippen LogP contribution is -2.33. The van der Waals surface area contributed by atoms with Gasteiger partial charge < -0.3 is 0 Å². The van der Waals surface area contributed by atoms with E-state index in [1.807, 2.05) is 6.92 Å². The van der Waals surface area contributed by atoms with E-state index in [1.165, 1.54) is 0 Å². The van der Waals surface area contributed by atoms with Crippen LogP contribution in [0.4, 0.5) is 0 Å². The molecule has 1 atom stereocenters. The Kier molecular flexibility index (Phi) is 3.90. The molecule has 0 aliphatic heterocycles. The van der Waals surface area contributed by atoms with Crippen molar-refractivity contribution >= 4 is 15.9 Å². The second kappa shape index (κ2) is 4.79. The molecule has 0 aromatic rings. The molecular weight excluding hydrogens is 214 g/mol. The van der Waals surface area contributed by atoms with E-state index >= 15 is 0 Å². The summed E-state index contributed by atoms with van der Waals surface area (Å²) in [6.07, 6.45) is 3.97. The van der Waals surface area contributed by atoms with Crippen LogP contribution in [0.5, 0.6) is 0 Å². The van der Waals surface area contributed by atoms with E-state index in [0.29, 0.717) is 19.3 Å². The highest BCUT2D eigenvalue weighted by molar-refractivity contribution is 7.90. The molecule has 86 valence electrons. The number of amides is 1. The molecule has 0 saturated heterocycles. The fraction of sp³-hybridized carbons (Fsp3) is 0.700. The summed E-state index contributed by atoms with van der Waals surface area (Å²) in [6.45, 7) is 5.54. The Morgan fingerprint density at radius 1 is 1.60 bits per heavy atom. The molecule has 15 heavy (non-hydrogen) atoms. The second-order valence-electron chi connectivity index (χ2n) is 4.02. The van der Waals surface area contributed by atoms with E-state index in [1.54, 1.807) is 6.08 Å². The maximum absolute atomic E-state index is 11.4. The third kappa shape index (κ3) is 4.03. The van der Waals surface area contributed by atoms with Gasteiger partial charge in [0.1, 0.15) is 0 Å². The van der Waals surface area contributed by atoms with Crippen molar-refractivity contribution < 1.29 is 13.2 Å². The molecule has 0 aromatic carbocycles. The van der Waals surface area contributed by atoms with E-state index in [2.05, 4.69) is 11.3 Å². The molecule has 5 heteroatoms. The highest BCUT2D eigenvalue weighted by atomic mass is 32.2. The minimum absolute atomic E-state index is 0.235. The van der Waals surface area contributed by atoms with Crippen LogP contribution in [-0.4, -0.2) is 19.6 Å². The molecule has 0 unspecified atom stereocenters. The van der Waals surface area contributed by atoms with Crippen molar-refractivity contribution in [3.8, 4) is 0 Å². The zero-order valence-electron chi connectivity index (χ0n) is 8.90. The summed E-state index contributed by atoms with van der Waals surface area (Å²) in [5.41, 5.74) is 0. The van der Waals surface area contributed by atoms with Crippen molar-refractivity contribution in [2.45, 2.75) is 37.9 Å². The SMILES string of the molecule is C=C[C@@H](C)CCC(=O)NS(=O)(=O)C1CC1. The normalized spacial score (nSPS) is 18.2. The molecule has 0 spiro atoms. The van der Waals surface area contributed by atoms with E-state index in [4.69, 9.17) is 0 Å². The number of hydrogen-bond donors (Lipinski definition) is 1. The van der Waals surface area contributed by atoms with Crippen LogP contribution in [0, 0.1) is 5.92 Å². The second-order valence-corrected chi connectivity index (χ2v) is 5.98. The van der Waals surface area contributed by atoms with Crippen LogP contribution in [0.3, 0.4) is 0 Å². The lowest BCUT2D eigenvalue weighted by Gasteiger charge is -2.07. The van der Waals surface area contributed by atoms with E-state index < -0.39 is 15.9 Å². The van der Waals surface area contributed by atoms with Crippen molar-refractivity contribution in [1.82, 2.24) is 4.72 Å². The first-order chi connectivity index (χ1) is 6.95. The Labute approximate surface area is 90.8 Å². The van der Waals surface area contributed by atoms with E-state index in [-0.39, 0.29) is 17.6 Å². The number of nitrogens with one attached hydrogen (secondary N) is 1. The largest absolute Gasteiger partial charge is 0.274 e. The quantitative estimate of drug-likeness (QED) is 0.699. The average Bonchev–Trinajstić information content (AvgIpc) is 2.96. The Balaban J connectivity index is 2.32. The summed E-state index contributed by atoms with van der Waals surface area (Å²) < 4.78 is 24.8. The smallest absolute Gasteiger partial charge is 0.237 e. The molecule has 1 rings (SSSR count). The standard InChI is InChI=1S/C10H17NO3S/c1-3-8(2)4-7-10(12)11-15(13,14)9-5-6-9/h3,8-9H,1,4-7H2,2H3,(H,11,12)/t8-/m1/s1. The number of rotatable bonds is 6. The van der Waals surface area contributed by atoms with Crippen molar-refractivity contribution in [1.29, 1.82) is 0 Å². The topological polar surface area (TPSA) is 63.2 Å². The molecule has 1 aliphatic carbocycles. The molecule has 1 N–H and O–H groups in total. The van der Waals surface area contributed by atoms with Gasteiger partial charge in [-0.1, -0.05) is 13.0 Å². The van der Waals surface area contributed by atoms with Crippen molar-refractivity contribution in [3.05, 3.63) is 12.7 Å². The molecule has 0 aromatic heterocycles. The van der Waals surface area contributed by atoms with Crippen molar-refractivity contribution in [3.63, 3.8) is 0 Å². The zero-order chi connectivity index (χ0) is 11.5. The molecule has 1 amide bonds. The number of sulfonamides is 1. The molecule has 0 bridgehead atoms. The van der Waals surface area contributed by atoms with Gasteiger partial charge in [-0.15, -0.1) is 6.58 Å². The Morgan fingerprint density at radius 2 is 2.20 bits per heavy atom. The highest BCUT2D eigenvalue weighted by Crippen LogP contribution is 2.27. The maximum Gasteiger partial charge on any atom is 0.237 e. The third-order valence-electron chi connectivity index (χ3n) is 2.45. The molecule has 0 heterocycles. The van der Waals surface area contributed by atoms with Gasteiger partial charge in [0.25, 0.3) is 0 Å². The average molecular weight is 231 g/mol. The number of hydrogen-bond acceptors (Lipinski definition) is 3. The molecule has 1 aliphatic rings. The van der Waals surface area contributed by atoms with Crippen LogP contribution in [0.15, 0.2) is 12.7 Å². The minimum Gasteiger partial charge on any atom is -0.274 e. The summed E-state index contributed by atoms with van der Waals surface area (Å²) in [5, 5.41) is -0.335. The first kappa shape index (κ1) is 12.2. The van der Waals surface area contributed by atoms with Crippen LogP contribution in [0.1, 0.15) is 32.6 Å². The van der Waals surface area contributed by atoms with Crippen LogP contribution < -0.4 is 4.72 Å². The summed E-state index contributed by atoms with van der Waals surface area (Å²) in [7, 11) is -3.37. The summed E-state index contributed by atoms with van der Waals surface area (Å²) in [6, 6.07) is 0. The van der Waals surface area contributed by atoms with Gasteiger partial charge in [0.2, 0.25) is 15.9 Å². The fourth-order valence-corrected chi connectivity index (χ4v) is 2.49. The lowest BCUT2D eigenvalue weighted by atomic mass is 10.1. The van der Waals surface area contributed by atoms with Gasteiger partial charge in [-0.25, -0.2) is 8.42 Å². The molecular formula is C10H17NO3S. The van der Waals surface area contributed by atoms with Gasteiger partial charge in [0.15, 0.2) is 0 Å². The predicted octanol–water partition coefficient (Wildman–Crippen LogP) is 1.20. The van der Waals surface area contributed by atoms with Gasteiger partial charge in [0, 0.05) is 6.42 Å². The Bertz CT molecular complexity index is 344. The minimum atomic E-state index is -3.37. The lowest BCUT2D eigenvalue weighted by molar-refractivity contribution is -0.119. The molecule has 0 radical (unpaired) electrons. The van der Waals surface area contributed by atoms with Crippen LogP contribution in [0.25, 0.3) is 0 Å². The first-order valence-electron chi connectivity index (χ1n) is 5.12. The predicted molar refractivity (Wildman–Crippen MR) is 58.7 cm³/mol. The molecule has 1 saturated carbocycles. The zero-order valence-corrected chi connectivity index (χ0v) is 9.72. The number of carbonyl (C=O) groups is 1.